The molecular weight excluding hydrogens is 334 g/mol. The van der Waals surface area contributed by atoms with E-state index < -0.39 is 0 Å². The van der Waals surface area contributed by atoms with Crippen molar-refractivity contribution < 1.29 is 4.79 Å². The second kappa shape index (κ2) is 6.84. The van der Waals surface area contributed by atoms with Gasteiger partial charge in [-0.05, 0) is 31.4 Å². The molecular formula is C18H19N5OS. The molecule has 3 aromatic rings. The van der Waals surface area contributed by atoms with Gasteiger partial charge in [0.2, 0.25) is 5.91 Å². The van der Waals surface area contributed by atoms with Gasteiger partial charge in [-0.3, -0.25) is 4.79 Å². The van der Waals surface area contributed by atoms with Crippen molar-refractivity contribution in [3.05, 3.63) is 42.4 Å². The smallest absolute Gasteiger partial charge is 0.232 e. The summed E-state index contributed by atoms with van der Waals surface area (Å²) in [6.07, 6.45) is 5.54. The van der Waals surface area contributed by atoms with Gasteiger partial charge in [0.05, 0.1) is 23.0 Å². The second-order valence-corrected chi connectivity index (χ2v) is 7.10. The molecule has 3 heterocycles. The highest BCUT2D eigenvalue weighted by Crippen LogP contribution is 2.27. The Bertz CT molecular complexity index is 917. The number of fused-ring (bicyclic) bond motifs is 1. The maximum Gasteiger partial charge on any atom is 0.232 e. The number of thioether (sulfide) groups is 1. The third-order valence-corrected chi connectivity index (χ3v) is 5.45. The summed E-state index contributed by atoms with van der Waals surface area (Å²) in [6, 6.07) is 8.06. The van der Waals surface area contributed by atoms with Gasteiger partial charge >= 0.3 is 0 Å². The predicted octanol–water partition coefficient (Wildman–Crippen LogP) is 2.84. The van der Waals surface area contributed by atoms with E-state index >= 15 is 0 Å². The maximum atomic E-state index is 12.3. The number of carbonyl (C=O) groups is 1. The molecule has 1 aliphatic rings. The van der Waals surface area contributed by atoms with Gasteiger partial charge in [-0.2, -0.15) is 5.10 Å². The Balaban J connectivity index is 1.61. The van der Waals surface area contributed by atoms with Crippen LogP contribution in [0.25, 0.3) is 16.7 Å². The Morgan fingerprint density at radius 2 is 2.00 bits per heavy atom. The van der Waals surface area contributed by atoms with Crippen LogP contribution in [0.5, 0.6) is 0 Å². The van der Waals surface area contributed by atoms with Crippen LogP contribution >= 0.6 is 11.8 Å². The quantitative estimate of drug-likeness (QED) is 0.533. The highest BCUT2D eigenvalue weighted by Gasteiger charge is 2.19. The van der Waals surface area contributed by atoms with Crippen LogP contribution in [0.3, 0.4) is 0 Å². The largest absolute Gasteiger partial charge is 0.342 e. The van der Waals surface area contributed by atoms with Gasteiger partial charge in [-0.15, -0.1) is 0 Å². The van der Waals surface area contributed by atoms with E-state index in [0.717, 1.165) is 53.2 Å². The van der Waals surface area contributed by atoms with E-state index in [0.29, 0.717) is 5.75 Å². The summed E-state index contributed by atoms with van der Waals surface area (Å²) >= 11 is 1.46. The van der Waals surface area contributed by atoms with Gasteiger partial charge in [0.25, 0.3) is 0 Å². The first-order valence-electron chi connectivity index (χ1n) is 8.39. The lowest BCUT2D eigenvalue weighted by atomic mass is 10.2. The van der Waals surface area contributed by atoms with Crippen molar-refractivity contribution in [3.8, 4) is 5.69 Å². The number of likely N-dealkylation sites (tertiary alicyclic amines) is 1. The van der Waals surface area contributed by atoms with E-state index in [1.54, 1.807) is 12.5 Å². The standard InChI is InChI=1S/C18H19N5OS/c1-13-6-2-3-7-15(13)23-17-14(10-21-23)18(20-12-19-17)25-11-16(24)22-8-4-5-9-22/h2-3,6-7,10,12H,4-5,8-9,11H2,1H3. The molecule has 4 rings (SSSR count). The van der Waals surface area contributed by atoms with Crippen LogP contribution in [0.2, 0.25) is 0 Å². The van der Waals surface area contributed by atoms with Crippen LogP contribution in [-0.4, -0.2) is 49.4 Å². The minimum atomic E-state index is 0.181. The Kier molecular flexibility index (Phi) is 4.40. The number of hydrogen-bond donors (Lipinski definition) is 0. The summed E-state index contributed by atoms with van der Waals surface area (Å²) < 4.78 is 1.83. The topological polar surface area (TPSA) is 63.9 Å². The van der Waals surface area contributed by atoms with Crippen molar-refractivity contribution >= 4 is 28.7 Å². The molecule has 0 unspecified atom stereocenters. The lowest BCUT2D eigenvalue weighted by molar-refractivity contribution is -0.127. The molecule has 0 radical (unpaired) electrons. The fourth-order valence-electron chi connectivity index (χ4n) is 3.10. The van der Waals surface area contributed by atoms with Gasteiger partial charge < -0.3 is 4.90 Å². The van der Waals surface area contributed by atoms with Gasteiger partial charge in [-0.25, -0.2) is 14.6 Å². The van der Waals surface area contributed by atoms with Gasteiger partial charge in [-0.1, -0.05) is 30.0 Å². The van der Waals surface area contributed by atoms with Crippen LogP contribution in [0.4, 0.5) is 0 Å². The van der Waals surface area contributed by atoms with Crippen molar-refractivity contribution in [1.29, 1.82) is 0 Å². The van der Waals surface area contributed by atoms with E-state index in [9.17, 15) is 4.79 Å². The molecule has 0 saturated carbocycles. The molecule has 2 aromatic heterocycles. The number of amides is 1. The summed E-state index contributed by atoms with van der Waals surface area (Å²) in [4.78, 5) is 23.0. The van der Waals surface area contributed by atoms with Crippen molar-refractivity contribution in [2.24, 2.45) is 0 Å². The van der Waals surface area contributed by atoms with Crippen LogP contribution in [0, 0.1) is 6.92 Å². The first kappa shape index (κ1) is 16.1. The number of hydrogen-bond acceptors (Lipinski definition) is 5. The highest BCUT2D eigenvalue weighted by atomic mass is 32.2. The number of aromatic nitrogens is 4. The molecule has 1 saturated heterocycles. The summed E-state index contributed by atoms with van der Waals surface area (Å²) in [5, 5.41) is 6.18. The Labute approximate surface area is 150 Å². The molecule has 7 heteroatoms. The van der Waals surface area contributed by atoms with Crippen molar-refractivity contribution in [3.63, 3.8) is 0 Å². The average Bonchev–Trinajstić information content (AvgIpc) is 3.30. The van der Waals surface area contributed by atoms with Crippen molar-refractivity contribution in [2.45, 2.75) is 24.8 Å². The number of nitrogens with zero attached hydrogens (tertiary/aromatic N) is 5. The van der Waals surface area contributed by atoms with E-state index in [1.807, 2.05) is 27.8 Å². The molecule has 0 spiro atoms. The minimum Gasteiger partial charge on any atom is -0.342 e. The van der Waals surface area contributed by atoms with Crippen molar-refractivity contribution in [1.82, 2.24) is 24.6 Å². The van der Waals surface area contributed by atoms with Crippen LogP contribution in [0.1, 0.15) is 18.4 Å². The molecule has 128 valence electrons. The molecule has 25 heavy (non-hydrogen) atoms. The molecule has 0 N–H and O–H groups in total. The molecule has 1 fully saturated rings. The SMILES string of the molecule is Cc1ccccc1-n1ncc2c(SCC(=O)N3CCCC3)ncnc21. The van der Waals surface area contributed by atoms with Gasteiger partial charge in [0.15, 0.2) is 5.65 Å². The van der Waals surface area contributed by atoms with E-state index in [2.05, 4.69) is 28.1 Å². The van der Waals surface area contributed by atoms with Gasteiger partial charge in [0.1, 0.15) is 11.4 Å². The summed E-state index contributed by atoms with van der Waals surface area (Å²) in [5.74, 6) is 0.585. The fourth-order valence-corrected chi connectivity index (χ4v) is 3.97. The number of para-hydroxylation sites is 1. The predicted molar refractivity (Wildman–Crippen MR) is 97.9 cm³/mol. The lowest BCUT2D eigenvalue weighted by Crippen LogP contribution is -2.29. The van der Waals surface area contributed by atoms with Crippen LogP contribution < -0.4 is 0 Å². The first-order chi connectivity index (χ1) is 12.2. The Hall–Kier alpha value is -2.41. The third kappa shape index (κ3) is 3.11. The molecule has 0 atom stereocenters. The molecule has 0 bridgehead atoms. The summed E-state index contributed by atoms with van der Waals surface area (Å²) in [7, 11) is 0. The molecule has 0 aliphatic carbocycles. The highest BCUT2D eigenvalue weighted by molar-refractivity contribution is 8.00. The normalized spacial score (nSPS) is 14.4. The lowest BCUT2D eigenvalue weighted by Gasteiger charge is -2.14. The number of benzene rings is 1. The summed E-state index contributed by atoms with van der Waals surface area (Å²) in [5.41, 5.74) is 2.89. The zero-order valence-electron chi connectivity index (χ0n) is 14.1. The number of aryl methyl sites for hydroxylation is 1. The molecule has 1 aliphatic heterocycles. The molecule has 1 amide bonds. The Morgan fingerprint density at radius 3 is 2.80 bits per heavy atom. The first-order valence-corrected chi connectivity index (χ1v) is 9.38. The summed E-state index contributed by atoms with van der Waals surface area (Å²) in [6.45, 7) is 3.81. The van der Waals surface area contributed by atoms with Crippen molar-refractivity contribution in [2.75, 3.05) is 18.8 Å². The zero-order chi connectivity index (χ0) is 17.2. The van der Waals surface area contributed by atoms with Crippen LogP contribution in [-0.2, 0) is 4.79 Å². The van der Waals surface area contributed by atoms with Crippen LogP contribution in [0.15, 0.2) is 41.8 Å². The average molecular weight is 353 g/mol. The maximum absolute atomic E-state index is 12.3. The molecule has 1 aromatic carbocycles. The molecule has 6 nitrogen and oxygen atoms in total. The third-order valence-electron chi connectivity index (χ3n) is 4.46. The monoisotopic (exact) mass is 353 g/mol. The number of rotatable bonds is 4. The fraction of sp³-hybridized carbons (Fsp3) is 0.333. The van der Waals surface area contributed by atoms with Gasteiger partial charge in [0, 0.05) is 13.1 Å². The zero-order valence-corrected chi connectivity index (χ0v) is 14.9. The van der Waals surface area contributed by atoms with E-state index in [4.69, 9.17) is 0 Å². The van der Waals surface area contributed by atoms with E-state index in [-0.39, 0.29) is 5.91 Å². The van der Waals surface area contributed by atoms with E-state index in [1.165, 1.54) is 11.8 Å². The minimum absolute atomic E-state index is 0.181. The number of carbonyl (C=O) groups excluding carboxylic acids is 1. The Morgan fingerprint density at radius 1 is 1.20 bits per heavy atom. The second-order valence-electron chi connectivity index (χ2n) is 6.14.